The highest BCUT2D eigenvalue weighted by atomic mass is 79.9. The van der Waals surface area contributed by atoms with Gasteiger partial charge >= 0.3 is 0 Å². The maximum Gasteiger partial charge on any atom is 0.236 e. The van der Waals surface area contributed by atoms with E-state index in [1.807, 2.05) is 28.9 Å². The van der Waals surface area contributed by atoms with Crippen molar-refractivity contribution in [2.75, 3.05) is 31.6 Å². The van der Waals surface area contributed by atoms with Crippen LogP contribution in [-0.4, -0.2) is 58.2 Å². The van der Waals surface area contributed by atoms with E-state index in [1.165, 1.54) is 0 Å². The molecule has 1 aliphatic heterocycles. The quantitative estimate of drug-likeness (QED) is 0.463. The predicted molar refractivity (Wildman–Crippen MR) is 121 cm³/mol. The summed E-state index contributed by atoms with van der Waals surface area (Å²) < 4.78 is 7.96. The SMILES string of the molecule is COc1cc(CO)c(-c2cn3ccc(N4CC[C@H](NC(=O)CCN)C4)nc3n2)cc1Br. The number of benzene rings is 1. The molecule has 1 atom stereocenters. The number of ether oxygens (including phenoxy) is 1. The molecule has 0 bridgehead atoms. The highest BCUT2D eigenvalue weighted by Crippen LogP contribution is 2.34. The van der Waals surface area contributed by atoms with Gasteiger partial charge in [-0.25, -0.2) is 4.98 Å². The average Bonchev–Trinajstić information content (AvgIpc) is 3.40. The Kier molecular flexibility index (Phi) is 6.40. The first-order chi connectivity index (χ1) is 15.0. The van der Waals surface area contributed by atoms with Gasteiger partial charge in [0.1, 0.15) is 11.6 Å². The third-order valence-electron chi connectivity index (χ3n) is 5.38. The van der Waals surface area contributed by atoms with Crippen molar-refractivity contribution in [1.82, 2.24) is 19.7 Å². The number of imidazole rings is 1. The Morgan fingerprint density at radius 1 is 1.42 bits per heavy atom. The lowest BCUT2D eigenvalue weighted by Crippen LogP contribution is -2.38. The Morgan fingerprint density at radius 2 is 2.26 bits per heavy atom. The number of rotatable bonds is 7. The van der Waals surface area contributed by atoms with Crippen LogP contribution in [0.15, 0.2) is 35.1 Å². The smallest absolute Gasteiger partial charge is 0.236 e. The second kappa shape index (κ2) is 9.21. The maximum absolute atomic E-state index is 11.8. The van der Waals surface area contributed by atoms with E-state index in [0.29, 0.717) is 36.7 Å². The van der Waals surface area contributed by atoms with E-state index in [0.717, 1.165) is 34.4 Å². The van der Waals surface area contributed by atoms with Crippen LogP contribution in [0.5, 0.6) is 5.75 Å². The number of nitrogens with two attached hydrogens (primary N) is 1. The van der Waals surface area contributed by atoms with Crippen molar-refractivity contribution in [2.45, 2.75) is 25.5 Å². The molecular formula is C21H25BrN6O3. The Hall–Kier alpha value is -2.69. The zero-order valence-corrected chi connectivity index (χ0v) is 18.8. The van der Waals surface area contributed by atoms with Gasteiger partial charge in [0.2, 0.25) is 11.7 Å². The van der Waals surface area contributed by atoms with Gasteiger partial charge in [0, 0.05) is 50.1 Å². The summed E-state index contributed by atoms with van der Waals surface area (Å²) >= 11 is 3.50. The van der Waals surface area contributed by atoms with Gasteiger partial charge < -0.3 is 25.8 Å². The van der Waals surface area contributed by atoms with Gasteiger partial charge in [0.15, 0.2) is 0 Å². The normalized spacial score (nSPS) is 16.1. The number of hydrogen-bond acceptors (Lipinski definition) is 7. The highest BCUT2D eigenvalue weighted by Gasteiger charge is 2.25. The summed E-state index contributed by atoms with van der Waals surface area (Å²) in [6.45, 7) is 1.74. The molecule has 1 saturated heterocycles. The minimum absolute atomic E-state index is 0.0130. The van der Waals surface area contributed by atoms with E-state index in [2.05, 4.69) is 31.1 Å². The number of aliphatic hydroxyl groups is 1. The predicted octanol–water partition coefficient (Wildman–Crippen LogP) is 1.70. The molecule has 2 aromatic heterocycles. The summed E-state index contributed by atoms with van der Waals surface area (Å²) in [4.78, 5) is 23.3. The second-order valence-corrected chi connectivity index (χ2v) is 8.31. The molecule has 9 nitrogen and oxygen atoms in total. The Labute approximate surface area is 188 Å². The summed E-state index contributed by atoms with van der Waals surface area (Å²) in [5.74, 6) is 2.03. The largest absolute Gasteiger partial charge is 0.496 e. The van der Waals surface area contributed by atoms with Crippen LogP contribution in [0.1, 0.15) is 18.4 Å². The standard InChI is InChI=1S/C21H25BrN6O3/c1-31-18-8-13(12-29)15(9-16(18)22)17-11-28-7-4-19(26-21(28)25-17)27-6-3-14(10-27)24-20(30)2-5-23/h4,7-9,11,14,29H,2-3,5-6,10,12,23H2,1H3,(H,24,30)/t14-/m0/s1. The fourth-order valence-corrected chi connectivity index (χ4v) is 4.31. The molecular weight excluding hydrogens is 464 g/mol. The van der Waals surface area contributed by atoms with Crippen molar-refractivity contribution < 1.29 is 14.6 Å². The minimum atomic E-state index is -0.128. The van der Waals surface area contributed by atoms with E-state index >= 15 is 0 Å². The minimum Gasteiger partial charge on any atom is -0.496 e. The Bertz CT molecular complexity index is 1100. The molecule has 10 heteroatoms. The molecule has 3 aromatic rings. The summed E-state index contributed by atoms with van der Waals surface area (Å²) in [5, 5.41) is 12.8. The number of carbonyl (C=O) groups is 1. The second-order valence-electron chi connectivity index (χ2n) is 7.46. The molecule has 1 amide bonds. The number of anilines is 1. The van der Waals surface area contributed by atoms with E-state index in [-0.39, 0.29) is 18.6 Å². The van der Waals surface area contributed by atoms with Crippen LogP contribution in [0.25, 0.3) is 17.0 Å². The third-order valence-corrected chi connectivity index (χ3v) is 6.00. The monoisotopic (exact) mass is 488 g/mol. The maximum atomic E-state index is 11.8. The summed E-state index contributed by atoms with van der Waals surface area (Å²) in [6.07, 6.45) is 5.02. The van der Waals surface area contributed by atoms with Crippen LogP contribution >= 0.6 is 15.9 Å². The van der Waals surface area contributed by atoms with Gasteiger partial charge in [0.25, 0.3) is 0 Å². The average molecular weight is 489 g/mol. The van der Waals surface area contributed by atoms with E-state index in [1.54, 1.807) is 13.2 Å². The van der Waals surface area contributed by atoms with Gasteiger partial charge in [-0.3, -0.25) is 9.20 Å². The van der Waals surface area contributed by atoms with Crippen molar-refractivity contribution in [3.05, 3.63) is 40.6 Å². The number of aromatic nitrogens is 3. The molecule has 0 spiro atoms. The van der Waals surface area contributed by atoms with E-state index in [4.69, 9.17) is 15.5 Å². The molecule has 31 heavy (non-hydrogen) atoms. The molecule has 3 heterocycles. The number of hydrogen-bond donors (Lipinski definition) is 3. The summed E-state index contributed by atoms with van der Waals surface area (Å²) in [6, 6.07) is 5.73. The lowest BCUT2D eigenvalue weighted by Gasteiger charge is -2.17. The number of carbonyl (C=O) groups excluding carboxylic acids is 1. The first-order valence-corrected chi connectivity index (χ1v) is 10.9. The molecule has 1 fully saturated rings. The molecule has 1 aliphatic rings. The van der Waals surface area contributed by atoms with E-state index in [9.17, 15) is 9.90 Å². The number of amides is 1. The zero-order chi connectivity index (χ0) is 22.0. The first-order valence-electron chi connectivity index (χ1n) is 10.1. The number of nitrogens with zero attached hydrogens (tertiary/aromatic N) is 4. The number of methoxy groups -OCH3 is 1. The van der Waals surface area contributed by atoms with Crippen molar-refractivity contribution in [3.8, 4) is 17.0 Å². The first kappa shape index (κ1) is 21.5. The van der Waals surface area contributed by atoms with Crippen molar-refractivity contribution >= 4 is 33.4 Å². The molecule has 0 aliphatic carbocycles. The Morgan fingerprint density at radius 3 is 3.00 bits per heavy atom. The fraction of sp³-hybridized carbons (Fsp3) is 0.381. The molecule has 4 rings (SSSR count). The lowest BCUT2D eigenvalue weighted by atomic mass is 10.1. The number of halogens is 1. The van der Waals surface area contributed by atoms with E-state index < -0.39 is 0 Å². The molecule has 1 aromatic carbocycles. The van der Waals surface area contributed by atoms with Crippen molar-refractivity contribution in [3.63, 3.8) is 0 Å². The van der Waals surface area contributed by atoms with Crippen LogP contribution in [0.3, 0.4) is 0 Å². The number of fused-ring (bicyclic) bond motifs is 1. The Balaban J connectivity index is 1.57. The van der Waals surface area contributed by atoms with Crippen LogP contribution in [0.2, 0.25) is 0 Å². The van der Waals surface area contributed by atoms with Gasteiger partial charge in [-0.05, 0) is 46.1 Å². The van der Waals surface area contributed by atoms with Crippen LogP contribution < -0.4 is 20.7 Å². The molecule has 164 valence electrons. The summed E-state index contributed by atoms with van der Waals surface area (Å²) in [5.41, 5.74) is 7.69. The van der Waals surface area contributed by atoms with Crippen molar-refractivity contribution in [2.24, 2.45) is 5.73 Å². The van der Waals surface area contributed by atoms with Crippen LogP contribution in [0, 0.1) is 0 Å². The number of aliphatic hydroxyl groups excluding tert-OH is 1. The molecule has 0 radical (unpaired) electrons. The van der Waals surface area contributed by atoms with Gasteiger partial charge in [-0.2, -0.15) is 4.98 Å². The third kappa shape index (κ3) is 4.51. The van der Waals surface area contributed by atoms with Gasteiger partial charge in [0.05, 0.1) is 23.9 Å². The number of nitrogens with one attached hydrogen (secondary N) is 1. The topological polar surface area (TPSA) is 118 Å². The van der Waals surface area contributed by atoms with Gasteiger partial charge in [-0.1, -0.05) is 0 Å². The lowest BCUT2D eigenvalue weighted by molar-refractivity contribution is -0.121. The zero-order valence-electron chi connectivity index (χ0n) is 17.2. The van der Waals surface area contributed by atoms with Crippen molar-refractivity contribution in [1.29, 1.82) is 0 Å². The molecule has 4 N–H and O–H groups in total. The van der Waals surface area contributed by atoms with Crippen LogP contribution in [0.4, 0.5) is 5.82 Å². The molecule has 0 saturated carbocycles. The van der Waals surface area contributed by atoms with Gasteiger partial charge in [-0.15, -0.1) is 0 Å². The molecule has 0 unspecified atom stereocenters. The summed E-state index contributed by atoms with van der Waals surface area (Å²) in [7, 11) is 1.59. The fourth-order valence-electron chi connectivity index (χ4n) is 3.81. The van der Waals surface area contributed by atoms with Crippen LogP contribution in [-0.2, 0) is 11.4 Å². The highest BCUT2D eigenvalue weighted by molar-refractivity contribution is 9.10.